The maximum Gasteiger partial charge on any atom is 0.285 e. The van der Waals surface area contributed by atoms with E-state index < -0.39 is 17.4 Å². The molecule has 31 heavy (non-hydrogen) atoms. The molecule has 8 nitrogen and oxygen atoms in total. The van der Waals surface area contributed by atoms with Gasteiger partial charge in [-0.25, -0.2) is 4.98 Å². The molecule has 2 aromatic heterocycles. The molecule has 1 saturated heterocycles. The minimum Gasteiger partial charge on any atom is -0.497 e. The highest BCUT2D eigenvalue weighted by atomic mass is 16.5. The fourth-order valence-corrected chi connectivity index (χ4v) is 3.79. The molecule has 4 rings (SSSR count). The van der Waals surface area contributed by atoms with E-state index in [1.54, 1.807) is 62.0 Å². The lowest BCUT2D eigenvalue weighted by Crippen LogP contribution is -2.40. The number of ether oxygens (including phenoxy) is 1. The number of pyridine rings is 1. The molecular weight excluding hydrogens is 396 g/mol. The van der Waals surface area contributed by atoms with Gasteiger partial charge in [-0.15, -0.1) is 0 Å². The first kappa shape index (κ1) is 20.4. The third kappa shape index (κ3) is 3.39. The normalized spacial score (nSPS) is 20.6. The van der Waals surface area contributed by atoms with Crippen LogP contribution in [0.15, 0.2) is 42.6 Å². The molecule has 3 N–H and O–H groups in total. The van der Waals surface area contributed by atoms with Gasteiger partial charge in [0, 0.05) is 42.9 Å². The van der Waals surface area contributed by atoms with Crippen molar-refractivity contribution >= 4 is 17.3 Å². The number of methoxy groups -OCH3 is 1. The maximum absolute atomic E-state index is 12.3. The van der Waals surface area contributed by atoms with Crippen LogP contribution < -0.4 is 10.5 Å². The molecule has 2 amide bonds. The number of carbonyl (C=O) groups excluding carboxylic acids is 2. The molecule has 1 aromatic carbocycles. The number of benzene rings is 1. The summed E-state index contributed by atoms with van der Waals surface area (Å²) >= 11 is 0. The van der Waals surface area contributed by atoms with Crippen LogP contribution in [0.3, 0.4) is 0 Å². The van der Waals surface area contributed by atoms with E-state index in [0.717, 1.165) is 0 Å². The number of aromatic nitrogens is 2. The predicted octanol–water partition coefficient (Wildman–Crippen LogP) is 1.30. The van der Waals surface area contributed by atoms with Gasteiger partial charge in [0.25, 0.3) is 11.8 Å². The van der Waals surface area contributed by atoms with Crippen LogP contribution in [-0.4, -0.2) is 57.5 Å². The maximum atomic E-state index is 12.3. The van der Waals surface area contributed by atoms with Gasteiger partial charge < -0.3 is 20.5 Å². The number of rotatable bonds is 3. The van der Waals surface area contributed by atoms with E-state index in [0.29, 0.717) is 34.6 Å². The number of nitrogens with zero attached hydrogens (tertiary/aromatic N) is 3. The van der Waals surface area contributed by atoms with Gasteiger partial charge in [-0.1, -0.05) is 30.9 Å². The Hall–Kier alpha value is -3.83. The summed E-state index contributed by atoms with van der Waals surface area (Å²) in [7, 11) is 3.20. The molecule has 3 heterocycles. The lowest BCUT2D eigenvalue weighted by atomic mass is 9.92. The van der Waals surface area contributed by atoms with Crippen molar-refractivity contribution in [2.45, 2.75) is 12.5 Å². The number of aliphatic hydroxyl groups is 1. The summed E-state index contributed by atoms with van der Waals surface area (Å²) in [4.78, 5) is 30.1. The van der Waals surface area contributed by atoms with Crippen LogP contribution in [0.5, 0.6) is 5.75 Å². The Bertz CT molecular complexity index is 1270. The number of imidazole rings is 1. The Morgan fingerprint density at radius 3 is 2.77 bits per heavy atom. The van der Waals surface area contributed by atoms with E-state index in [1.807, 2.05) is 6.07 Å². The zero-order valence-electron chi connectivity index (χ0n) is 17.4. The first-order valence-electron chi connectivity index (χ1n) is 9.72. The summed E-state index contributed by atoms with van der Waals surface area (Å²) in [6, 6.07) is 10.7. The second kappa shape index (κ2) is 7.45. The molecular formula is C23H22N4O4. The number of carbonyl (C=O) groups is 2. The first-order valence-corrected chi connectivity index (χ1v) is 9.72. The quantitative estimate of drug-likeness (QED) is 0.623. The van der Waals surface area contributed by atoms with E-state index in [9.17, 15) is 14.7 Å². The van der Waals surface area contributed by atoms with Crippen LogP contribution >= 0.6 is 0 Å². The van der Waals surface area contributed by atoms with Gasteiger partial charge in [0.15, 0.2) is 0 Å². The molecule has 1 aliphatic rings. The number of nitrogens with two attached hydrogens (primary N) is 1. The topological polar surface area (TPSA) is 110 Å². The molecule has 0 unspecified atom stereocenters. The molecule has 0 radical (unpaired) electrons. The molecule has 0 saturated carbocycles. The molecule has 3 aromatic rings. The molecule has 0 bridgehead atoms. The van der Waals surface area contributed by atoms with Gasteiger partial charge in [-0.3, -0.25) is 14.0 Å². The number of amides is 2. The van der Waals surface area contributed by atoms with Gasteiger partial charge >= 0.3 is 0 Å². The first-order chi connectivity index (χ1) is 14.7. The van der Waals surface area contributed by atoms with Crippen molar-refractivity contribution in [3.63, 3.8) is 0 Å². The molecule has 1 aliphatic heterocycles. The van der Waals surface area contributed by atoms with Crippen LogP contribution in [0.2, 0.25) is 0 Å². The predicted molar refractivity (Wildman–Crippen MR) is 114 cm³/mol. The van der Waals surface area contributed by atoms with Gasteiger partial charge in [-0.2, -0.15) is 0 Å². The van der Waals surface area contributed by atoms with Crippen LogP contribution in [0, 0.1) is 17.8 Å². The fourth-order valence-electron chi connectivity index (χ4n) is 3.79. The number of likely N-dealkylation sites (N-methyl/N-ethyl adjacent to an activating group) is 1. The van der Waals surface area contributed by atoms with Crippen molar-refractivity contribution < 1.29 is 19.4 Å². The van der Waals surface area contributed by atoms with Crippen molar-refractivity contribution in [1.29, 1.82) is 0 Å². The molecule has 0 spiro atoms. The van der Waals surface area contributed by atoms with E-state index in [1.165, 1.54) is 4.90 Å². The minimum absolute atomic E-state index is 0.104. The number of likely N-dealkylation sites (tertiary alicyclic amines) is 1. The van der Waals surface area contributed by atoms with Crippen LogP contribution in [0.1, 0.15) is 23.1 Å². The van der Waals surface area contributed by atoms with Crippen molar-refractivity contribution in [2.75, 3.05) is 20.7 Å². The SMILES string of the molecule is COc1ccn2c(C(N)=O)nc(-c3cccc(C#C[C@@]4(O)C(=O)N(C)C[C@H]4C)c3)c2c1. The molecule has 8 heteroatoms. The summed E-state index contributed by atoms with van der Waals surface area (Å²) in [5, 5.41) is 10.8. The third-order valence-corrected chi connectivity index (χ3v) is 5.54. The van der Waals surface area contributed by atoms with E-state index in [-0.39, 0.29) is 11.7 Å². The standard InChI is InChI=1S/C23H22N4O4/c1-14-13-26(2)22(29)23(14,30)9-7-15-5-4-6-16(11-15)19-18-12-17(31-3)8-10-27(18)21(25-19)20(24)28/h4-6,8,10-12,14,30H,13H2,1-3H3,(H2,24,28)/t14-,23+/m1/s1. The molecule has 0 aliphatic carbocycles. The van der Waals surface area contributed by atoms with E-state index in [4.69, 9.17) is 10.5 Å². The van der Waals surface area contributed by atoms with Gasteiger partial charge in [0.05, 0.1) is 18.3 Å². The highest BCUT2D eigenvalue weighted by Gasteiger charge is 2.48. The van der Waals surface area contributed by atoms with Crippen LogP contribution in [0.25, 0.3) is 16.8 Å². The van der Waals surface area contributed by atoms with Gasteiger partial charge in [0.1, 0.15) is 5.75 Å². The Morgan fingerprint density at radius 1 is 1.35 bits per heavy atom. The summed E-state index contributed by atoms with van der Waals surface area (Å²) in [6.07, 6.45) is 1.67. The zero-order valence-corrected chi connectivity index (χ0v) is 17.4. The van der Waals surface area contributed by atoms with Gasteiger partial charge in [-0.05, 0) is 18.2 Å². The van der Waals surface area contributed by atoms with Crippen LogP contribution in [-0.2, 0) is 4.79 Å². The van der Waals surface area contributed by atoms with E-state index >= 15 is 0 Å². The zero-order chi connectivity index (χ0) is 22.3. The Morgan fingerprint density at radius 2 is 2.13 bits per heavy atom. The fraction of sp³-hybridized carbons (Fsp3) is 0.261. The summed E-state index contributed by atoms with van der Waals surface area (Å²) in [5.41, 5.74) is 6.29. The number of fused-ring (bicyclic) bond motifs is 1. The highest BCUT2D eigenvalue weighted by Crippen LogP contribution is 2.29. The minimum atomic E-state index is -1.71. The Balaban J connectivity index is 1.79. The number of hydrogen-bond donors (Lipinski definition) is 2. The lowest BCUT2D eigenvalue weighted by molar-refractivity contribution is -0.138. The average molecular weight is 418 g/mol. The van der Waals surface area contributed by atoms with Crippen molar-refractivity contribution in [3.8, 4) is 28.8 Å². The van der Waals surface area contributed by atoms with Crippen molar-refractivity contribution in [1.82, 2.24) is 14.3 Å². The summed E-state index contributed by atoms with van der Waals surface area (Å²) in [5.74, 6) is 5.04. The number of hydrogen-bond acceptors (Lipinski definition) is 5. The molecule has 158 valence electrons. The van der Waals surface area contributed by atoms with Crippen molar-refractivity contribution in [2.24, 2.45) is 11.7 Å². The van der Waals surface area contributed by atoms with Crippen LogP contribution in [0.4, 0.5) is 0 Å². The third-order valence-electron chi connectivity index (χ3n) is 5.54. The molecule has 2 atom stereocenters. The summed E-state index contributed by atoms with van der Waals surface area (Å²) in [6.45, 7) is 2.24. The van der Waals surface area contributed by atoms with Gasteiger partial charge in [0.2, 0.25) is 11.4 Å². The smallest absolute Gasteiger partial charge is 0.285 e. The monoisotopic (exact) mass is 418 g/mol. The Labute approximate surface area is 179 Å². The Kier molecular flexibility index (Phi) is 4.91. The average Bonchev–Trinajstić information content (AvgIpc) is 3.23. The largest absolute Gasteiger partial charge is 0.497 e. The highest BCUT2D eigenvalue weighted by molar-refractivity contribution is 5.94. The lowest BCUT2D eigenvalue weighted by Gasteiger charge is -2.17. The van der Waals surface area contributed by atoms with Crippen molar-refractivity contribution in [3.05, 3.63) is 54.0 Å². The molecule has 1 fully saturated rings. The second-order valence-corrected chi connectivity index (χ2v) is 7.65. The summed E-state index contributed by atoms with van der Waals surface area (Å²) < 4.78 is 6.91. The number of primary amides is 1. The van der Waals surface area contributed by atoms with E-state index in [2.05, 4.69) is 16.8 Å². The second-order valence-electron chi connectivity index (χ2n) is 7.65.